The molecule has 0 bridgehead atoms. The molecule has 0 aromatic carbocycles. The van der Waals surface area contributed by atoms with Crippen LogP contribution in [0.25, 0.3) is 0 Å². The monoisotopic (exact) mass is 254 g/mol. The topological polar surface area (TPSA) is 25.8 Å². The maximum Gasteiger partial charge on any atom is 0.0460 e. The van der Waals surface area contributed by atoms with Crippen LogP contribution < -0.4 is 0 Å². The number of hydrogen-bond donors (Lipinski definition) is 0. The smallest absolute Gasteiger partial charge is 0.0460 e. The molecule has 2 aromatic rings. The highest BCUT2D eigenvalue weighted by Gasteiger charge is 2.17. The normalized spacial score (nSPS) is 13.3. The number of nitrogens with zero attached hydrogens (tertiary/aromatic N) is 2. The van der Waals surface area contributed by atoms with Crippen LogP contribution in [0.3, 0.4) is 0 Å². The lowest BCUT2D eigenvalue weighted by atomic mass is 9.90. The third kappa shape index (κ3) is 3.63. The van der Waals surface area contributed by atoms with Crippen LogP contribution in [-0.4, -0.2) is 9.97 Å². The maximum atomic E-state index is 4.81. The predicted octanol–water partition coefficient (Wildman–Crippen LogP) is 4.12. The third-order valence-electron chi connectivity index (χ3n) is 3.29. The highest BCUT2D eigenvalue weighted by molar-refractivity contribution is 5.20. The van der Waals surface area contributed by atoms with Gasteiger partial charge in [0.25, 0.3) is 0 Å². The van der Waals surface area contributed by atoms with Crippen molar-refractivity contribution in [1.29, 1.82) is 0 Å². The summed E-state index contributed by atoms with van der Waals surface area (Å²) in [5, 5.41) is 0. The second-order valence-electron chi connectivity index (χ2n) is 6.12. The Morgan fingerprint density at radius 2 is 1.84 bits per heavy atom. The van der Waals surface area contributed by atoms with Gasteiger partial charge < -0.3 is 0 Å². The molecule has 0 saturated heterocycles. The first-order valence-corrected chi connectivity index (χ1v) is 6.84. The van der Waals surface area contributed by atoms with Crippen molar-refractivity contribution in [3.63, 3.8) is 0 Å². The summed E-state index contributed by atoms with van der Waals surface area (Å²) in [5.74, 6) is 0.386. The fraction of sp³-hybridized carbons (Fsp3) is 0.412. The van der Waals surface area contributed by atoms with Gasteiger partial charge in [0, 0.05) is 34.6 Å². The van der Waals surface area contributed by atoms with Crippen LogP contribution in [-0.2, 0) is 11.8 Å². The Hall–Kier alpha value is -1.70. The lowest BCUT2D eigenvalue weighted by Crippen LogP contribution is -2.15. The molecule has 0 fully saturated rings. The van der Waals surface area contributed by atoms with E-state index in [0.717, 1.165) is 23.5 Å². The second-order valence-corrected chi connectivity index (χ2v) is 6.12. The van der Waals surface area contributed by atoms with E-state index >= 15 is 0 Å². The van der Waals surface area contributed by atoms with Crippen molar-refractivity contribution in [1.82, 2.24) is 9.97 Å². The average molecular weight is 254 g/mol. The fourth-order valence-corrected chi connectivity index (χ4v) is 2.08. The third-order valence-corrected chi connectivity index (χ3v) is 3.29. The molecule has 100 valence electrons. The molecule has 0 radical (unpaired) electrons. The van der Waals surface area contributed by atoms with Crippen LogP contribution in [0.5, 0.6) is 0 Å². The van der Waals surface area contributed by atoms with Crippen molar-refractivity contribution in [3.8, 4) is 0 Å². The van der Waals surface area contributed by atoms with E-state index in [-0.39, 0.29) is 5.41 Å². The van der Waals surface area contributed by atoms with Crippen molar-refractivity contribution in [2.75, 3.05) is 0 Å². The molecular formula is C17H22N2. The van der Waals surface area contributed by atoms with Gasteiger partial charge in [-0.2, -0.15) is 0 Å². The summed E-state index contributed by atoms with van der Waals surface area (Å²) < 4.78 is 0. The molecular weight excluding hydrogens is 232 g/mol. The molecule has 0 saturated carbocycles. The van der Waals surface area contributed by atoms with Gasteiger partial charge in [-0.3, -0.25) is 9.97 Å². The van der Waals surface area contributed by atoms with Crippen molar-refractivity contribution in [2.45, 2.75) is 45.4 Å². The van der Waals surface area contributed by atoms with Gasteiger partial charge in [-0.05, 0) is 30.7 Å². The molecule has 0 spiro atoms. The van der Waals surface area contributed by atoms with Crippen molar-refractivity contribution in [3.05, 3.63) is 59.7 Å². The number of hydrogen-bond acceptors (Lipinski definition) is 2. The highest BCUT2D eigenvalue weighted by Crippen LogP contribution is 2.23. The van der Waals surface area contributed by atoms with Crippen LogP contribution in [0.15, 0.2) is 42.6 Å². The maximum absolute atomic E-state index is 4.81. The van der Waals surface area contributed by atoms with Gasteiger partial charge in [0.1, 0.15) is 0 Å². The molecule has 0 aliphatic rings. The van der Waals surface area contributed by atoms with Gasteiger partial charge in [0.05, 0.1) is 0 Å². The minimum Gasteiger partial charge on any atom is -0.261 e. The average Bonchev–Trinajstić information content (AvgIpc) is 2.39. The molecule has 1 atom stereocenters. The highest BCUT2D eigenvalue weighted by atomic mass is 14.7. The van der Waals surface area contributed by atoms with E-state index in [1.54, 1.807) is 0 Å². The molecule has 19 heavy (non-hydrogen) atoms. The molecule has 2 nitrogen and oxygen atoms in total. The SMILES string of the molecule is CC(Cc1ccccn1)c1cccc(C(C)(C)C)n1. The molecule has 0 N–H and O–H groups in total. The van der Waals surface area contributed by atoms with E-state index in [1.807, 2.05) is 18.3 Å². The first kappa shape index (κ1) is 13.7. The molecule has 0 aliphatic heterocycles. The first-order valence-electron chi connectivity index (χ1n) is 6.84. The van der Waals surface area contributed by atoms with Gasteiger partial charge in [0.15, 0.2) is 0 Å². The zero-order valence-electron chi connectivity index (χ0n) is 12.2. The summed E-state index contributed by atoms with van der Waals surface area (Å²) in [7, 11) is 0. The van der Waals surface area contributed by atoms with Crippen molar-refractivity contribution < 1.29 is 0 Å². The minimum absolute atomic E-state index is 0.0979. The fourth-order valence-electron chi connectivity index (χ4n) is 2.08. The molecule has 2 heterocycles. The molecule has 0 amide bonds. The van der Waals surface area contributed by atoms with E-state index in [9.17, 15) is 0 Å². The molecule has 0 aliphatic carbocycles. The predicted molar refractivity (Wildman–Crippen MR) is 79.3 cm³/mol. The molecule has 2 rings (SSSR count). The van der Waals surface area contributed by atoms with Crippen molar-refractivity contribution >= 4 is 0 Å². The zero-order chi connectivity index (χ0) is 13.9. The lowest BCUT2D eigenvalue weighted by molar-refractivity contribution is 0.560. The van der Waals surface area contributed by atoms with Crippen LogP contribution in [0.4, 0.5) is 0 Å². The quantitative estimate of drug-likeness (QED) is 0.823. The van der Waals surface area contributed by atoms with Gasteiger partial charge in [-0.1, -0.05) is 39.8 Å². The van der Waals surface area contributed by atoms with Gasteiger partial charge in [-0.25, -0.2) is 0 Å². The Morgan fingerprint density at radius 3 is 2.47 bits per heavy atom. The summed E-state index contributed by atoms with van der Waals surface area (Å²) >= 11 is 0. The van der Waals surface area contributed by atoms with E-state index in [4.69, 9.17) is 4.98 Å². The Morgan fingerprint density at radius 1 is 1.05 bits per heavy atom. The Kier molecular flexibility index (Phi) is 3.98. The van der Waals surface area contributed by atoms with E-state index in [2.05, 4.69) is 56.9 Å². The zero-order valence-corrected chi connectivity index (χ0v) is 12.2. The minimum atomic E-state index is 0.0979. The first-order chi connectivity index (χ1) is 8.97. The van der Waals surface area contributed by atoms with E-state index in [1.165, 1.54) is 0 Å². The largest absolute Gasteiger partial charge is 0.261 e. The summed E-state index contributed by atoms with van der Waals surface area (Å²) in [6, 6.07) is 12.4. The number of rotatable bonds is 3. The Labute approximate surface area is 115 Å². The Balaban J connectivity index is 2.18. The summed E-state index contributed by atoms with van der Waals surface area (Å²) in [6.07, 6.45) is 2.78. The van der Waals surface area contributed by atoms with Crippen LogP contribution in [0.1, 0.15) is 50.7 Å². The lowest BCUT2D eigenvalue weighted by Gasteiger charge is -2.20. The molecule has 1 unspecified atom stereocenters. The Bertz CT molecular complexity index is 526. The molecule has 2 aromatic heterocycles. The van der Waals surface area contributed by atoms with Crippen molar-refractivity contribution in [2.24, 2.45) is 0 Å². The summed E-state index contributed by atoms with van der Waals surface area (Å²) in [4.78, 5) is 9.20. The summed E-state index contributed by atoms with van der Waals surface area (Å²) in [6.45, 7) is 8.80. The van der Waals surface area contributed by atoms with Gasteiger partial charge in [-0.15, -0.1) is 0 Å². The molecule has 2 heteroatoms. The van der Waals surface area contributed by atoms with Crippen LogP contribution in [0.2, 0.25) is 0 Å². The second kappa shape index (κ2) is 5.52. The van der Waals surface area contributed by atoms with Gasteiger partial charge in [0.2, 0.25) is 0 Å². The standard InChI is InChI=1S/C17H22N2/c1-13(12-14-8-5-6-11-18-14)15-9-7-10-16(19-15)17(2,3)4/h5-11,13H,12H2,1-4H3. The van der Waals surface area contributed by atoms with E-state index < -0.39 is 0 Å². The van der Waals surface area contributed by atoms with Crippen LogP contribution >= 0.6 is 0 Å². The van der Waals surface area contributed by atoms with Crippen LogP contribution in [0, 0.1) is 0 Å². The van der Waals surface area contributed by atoms with E-state index in [0.29, 0.717) is 5.92 Å². The number of aromatic nitrogens is 2. The van der Waals surface area contributed by atoms with Gasteiger partial charge >= 0.3 is 0 Å². The number of pyridine rings is 2. The summed E-state index contributed by atoms with van der Waals surface area (Å²) in [5.41, 5.74) is 3.52.